The molecule has 3 rings (SSSR count). The van der Waals surface area contributed by atoms with Crippen LogP contribution in [0.1, 0.15) is 25.2 Å². The highest BCUT2D eigenvalue weighted by molar-refractivity contribution is 9.10. The van der Waals surface area contributed by atoms with Gasteiger partial charge in [-0.1, -0.05) is 23.7 Å². The average Bonchev–Trinajstić information content (AvgIpc) is 3.20. The van der Waals surface area contributed by atoms with Gasteiger partial charge in [0, 0.05) is 23.0 Å². The van der Waals surface area contributed by atoms with Gasteiger partial charge in [-0.2, -0.15) is 4.98 Å². The molecular weight excluding hydrogens is 458 g/mol. The third-order valence-corrected chi connectivity index (χ3v) is 6.78. The van der Waals surface area contributed by atoms with E-state index in [2.05, 4.69) is 30.8 Å². The van der Waals surface area contributed by atoms with Crippen molar-refractivity contribution in [2.75, 3.05) is 13.7 Å². The van der Waals surface area contributed by atoms with Gasteiger partial charge < -0.3 is 9.26 Å². The highest BCUT2D eigenvalue weighted by Gasteiger charge is 2.16. The van der Waals surface area contributed by atoms with Crippen molar-refractivity contribution < 1.29 is 17.7 Å². The van der Waals surface area contributed by atoms with Gasteiger partial charge in [-0.05, 0) is 65.2 Å². The third kappa shape index (κ3) is 5.88. The van der Waals surface area contributed by atoms with E-state index in [0.717, 1.165) is 30.6 Å². The Morgan fingerprint density at radius 1 is 1.07 bits per heavy atom. The molecule has 0 atom stereocenters. The number of benzene rings is 2. The normalized spacial score (nSPS) is 11.5. The molecule has 0 amide bonds. The van der Waals surface area contributed by atoms with E-state index < -0.39 is 10.0 Å². The number of aromatic nitrogens is 2. The summed E-state index contributed by atoms with van der Waals surface area (Å²) < 4.78 is 38.2. The lowest BCUT2D eigenvalue weighted by Crippen LogP contribution is -2.25. The summed E-state index contributed by atoms with van der Waals surface area (Å²) in [5.74, 6) is 1.89. The van der Waals surface area contributed by atoms with Crippen molar-refractivity contribution in [2.45, 2.75) is 30.6 Å². The number of methoxy groups -OCH3 is 1. The van der Waals surface area contributed by atoms with Gasteiger partial charge >= 0.3 is 0 Å². The predicted molar refractivity (Wildman–Crippen MR) is 113 cm³/mol. The SMILES string of the molecule is COc1ccc(-c2noc(CCCCCNS(=O)(=O)c3ccccc3Br)n2)cc1. The number of nitrogens with one attached hydrogen (secondary N) is 1. The number of unbranched alkanes of at least 4 members (excludes halogenated alkanes) is 2. The first kappa shape index (κ1) is 21.5. The first-order valence-electron chi connectivity index (χ1n) is 9.21. The number of rotatable bonds is 10. The van der Waals surface area contributed by atoms with E-state index in [4.69, 9.17) is 9.26 Å². The van der Waals surface area contributed by atoms with Crippen LogP contribution in [-0.2, 0) is 16.4 Å². The van der Waals surface area contributed by atoms with E-state index in [-0.39, 0.29) is 4.90 Å². The lowest BCUT2D eigenvalue weighted by Gasteiger charge is -2.08. The molecule has 0 fully saturated rings. The quantitative estimate of drug-likeness (QED) is 0.437. The molecular formula is C20H22BrN3O4S. The summed E-state index contributed by atoms with van der Waals surface area (Å²) in [5, 5.41) is 4.01. The molecule has 29 heavy (non-hydrogen) atoms. The van der Waals surface area contributed by atoms with Crippen molar-refractivity contribution in [1.29, 1.82) is 0 Å². The fourth-order valence-electron chi connectivity index (χ4n) is 2.74. The van der Waals surface area contributed by atoms with Gasteiger partial charge in [0.15, 0.2) is 0 Å². The first-order chi connectivity index (χ1) is 14.0. The summed E-state index contributed by atoms with van der Waals surface area (Å²) >= 11 is 3.27. The average molecular weight is 480 g/mol. The number of aryl methyl sites for hydroxylation is 1. The fourth-order valence-corrected chi connectivity index (χ4v) is 4.81. The maximum Gasteiger partial charge on any atom is 0.241 e. The third-order valence-electron chi connectivity index (χ3n) is 4.30. The molecule has 0 aliphatic rings. The summed E-state index contributed by atoms with van der Waals surface area (Å²) in [6.45, 7) is 0.380. The van der Waals surface area contributed by atoms with Crippen LogP contribution in [0.3, 0.4) is 0 Å². The van der Waals surface area contributed by atoms with Crippen LogP contribution < -0.4 is 9.46 Å². The van der Waals surface area contributed by atoms with Crippen molar-refractivity contribution in [3.8, 4) is 17.1 Å². The topological polar surface area (TPSA) is 94.3 Å². The first-order valence-corrected chi connectivity index (χ1v) is 11.5. The minimum Gasteiger partial charge on any atom is -0.497 e. The maximum atomic E-state index is 12.3. The Morgan fingerprint density at radius 3 is 2.55 bits per heavy atom. The molecule has 0 aliphatic heterocycles. The molecule has 0 bridgehead atoms. The van der Waals surface area contributed by atoms with E-state index in [1.165, 1.54) is 0 Å². The van der Waals surface area contributed by atoms with Gasteiger partial charge in [0.1, 0.15) is 5.75 Å². The number of sulfonamides is 1. The summed E-state index contributed by atoms with van der Waals surface area (Å²) in [5.41, 5.74) is 0.863. The standard InChI is InChI=1S/C20H22BrN3O4S/c1-27-16-12-10-15(11-13-16)20-23-19(28-24-20)9-3-2-6-14-22-29(25,26)18-8-5-4-7-17(18)21/h4-5,7-8,10-13,22H,2-3,6,9,14H2,1H3. The van der Waals surface area contributed by atoms with Crippen LogP contribution in [-0.4, -0.2) is 32.2 Å². The number of hydrogen-bond donors (Lipinski definition) is 1. The Labute approximate surface area is 178 Å². The Balaban J connectivity index is 1.41. The van der Waals surface area contributed by atoms with E-state index in [0.29, 0.717) is 29.2 Å². The monoisotopic (exact) mass is 479 g/mol. The highest BCUT2D eigenvalue weighted by atomic mass is 79.9. The second kappa shape index (κ2) is 10.00. The van der Waals surface area contributed by atoms with E-state index in [9.17, 15) is 8.42 Å². The molecule has 0 spiro atoms. The molecule has 2 aromatic carbocycles. The minimum absolute atomic E-state index is 0.247. The molecule has 9 heteroatoms. The van der Waals surface area contributed by atoms with Gasteiger partial charge in [0.2, 0.25) is 21.7 Å². The van der Waals surface area contributed by atoms with Crippen LogP contribution in [0.25, 0.3) is 11.4 Å². The lowest BCUT2D eigenvalue weighted by molar-refractivity contribution is 0.374. The zero-order chi connectivity index (χ0) is 20.7. The Kier molecular flexibility index (Phi) is 7.40. The minimum atomic E-state index is -3.51. The van der Waals surface area contributed by atoms with Crippen molar-refractivity contribution in [1.82, 2.24) is 14.9 Å². The molecule has 0 radical (unpaired) electrons. The molecule has 0 saturated heterocycles. The number of nitrogens with zero attached hydrogens (tertiary/aromatic N) is 2. The smallest absolute Gasteiger partial charge is 0.241 e. The van der Waals surface area contributed by atoms with Gasteiger partial charge in [0.05, 0.1) is 12.0 Å². The Morgan fingerprint density at radius 2 is 1.83 bits per heavy atom. The molecule has 7 nitrogen and oxygen atoms in total. The number of hydrogen-bond acceptors (Lipinski definition) is 6. The van der Waals surface area contributed by atoms with Crippen molar-refractivity contribution >= 4 is 26.0 Å². The molecule has 0 unspecified atom stereocenters. The fraction of sp³-hybridized carbons (Fsp3) is 0.300. The van der Waals surface area contributed by atoms with Crippen LogP contribution in [0, 0.1) is 0 Å². The molecule has 1 N–H and O–H groups in total. The zero-order valence-corrected chi connectivity index (χ0v) is 18.4. The second-order valence-electron chi connectivity index (χ2n) is 6.38. The van der Waals surface area contributed by atoms with Crippen LogP contribution in [0.2, 0.25) is 0 Å². The van der Waals surface area contributed by atoms with Crippen LogP contribution in [0.5, 0.6) is 5.75 Å². The van der Waals surface area contributed by atoms with Crippen molar-refractivity contribution in [3.05, 3.63) is 58.9 Å². The van der Waals surface area contributed by atoms with Crippen LogP contribution in [0.15, 0.2) is 62.4 Å². The van der Waals surface area contributed by atoms with Crippen molar-refractivity contribution in [2.24, 2.45) is 0 Å². The predicted octanol–water partition coefficient (Wildman–Crippen LogP) is 4.20. The van der Waals surface area contributed by atoms with Crippen LogP contribution in [0.4, 0.5) is 0 Å². The zero-order valence-electron chi connectivity index (χ0n) is 16.0. The van der Waals surface area contributed by atoms with Gasteiger partial charge in [-0.3, -0.25) is 0 Å². The summed E-state index contributed by atoms with van der Waals surface area (Å²) in [6, 6.07) is 14.2. The van der Waals surface area contributed by atoms with E-state index >= 15 is 0 Å². The summed E-state index contributed by atoms with van der Waals surface area (Å²) in [4.78, 5) is 4.65. The molecule has 1 aromatic heterocycles. The lowest BCUT2D eigenvalue weighted by atomic mass is 10.2. The number of ether oxygens (including phenoxy) is 1. The van der Waals surface area contributed by atoms with Crippen LogP contribution >= 0.6 is 15.9 Å². The molecule has 1 heterocycles. The van der Waals surface area contributed by atoms with Gasteiger partial charge in [-0.25, -0.2) is 13.1 Å². The second-order valence-corrected chi connectivity index (χ2v) is 8.97. The maximum absolute atomic E-state index is 12.3. The summed E-state index contributed by atoms with van der Waals surface area (Å²) in [7, 11) is -1.89. The Bertz CT molecular complexity index is 1040. The molecule has 154 valence electrons. The Hall–Kier alpha value is -2.23. The van der Waals surface area contributed by atoms with Gasteiger partial charge in [0.25, 0.3) is 0 Å². The summed E-state index contributed by atoms with van der Waals surface area (Å²) in [6.07, 6.45) is 3.06. The van der Waals surface area contributed by atoms with Crippen molar-refractivity contribution in [3.63, 3.8) is 0 Å². The number of halogens is 1. The highest BCUT2D eigenvalue weighted by Crippen LogP contribution is 2.21. The largest absolute Gasteiger partial charge is 0.497 e. The molecule has 3 aromatic rings. The molecule has 0 aliphatic carbocycles. The van der Waals surface area contributed by atoms with E-state index in [1.54, 1.807) is 31.4 Å². The molecule has 0 saturated carbocycles. The van der Waals surface area contributed by atoms with E-state index in [1.807, 2.05) is 24.3 Å². The van der Waals surface area contributed by atoms with Gasteiger partial charge in [-0.15, -0.1) is 0 Å².